The Morgan fingerprint density at radius 1 is 1.38 bits per heavy atom. The summed E-state index contributed by atoms with van der Waals surface area (Å²) in [7, 11) is -3.03. The highest BCUT2D eigenvalue weighted by Gasteiger charge is 2.40. The Morgan fingerprint density at radius 3 is 2.62 bits per heavy atom. The van der Waals surface area contributed by atoms with E-state index in [2.05, 4.69) is 5.32 Å². The number of carbonyl (C=O) groups excluding carboxylic acids is 2. The normalized spacial score (nSPS) is 33.9. The van der Waals surface area contributed by atoms with Crippen molar-refractivity contribution in [2.24, 2.45) is 0 Å². The van der Waals surface area contributed by atoms with E-state index >= 15 is 0 Å². The average Bonchev–Trinajstić information content (AvgIpc) is 2.53. The molecule has 0 aromatic carbocycles. The molecule has 2 aliphatic rings. The van der Waals surface area contributed by atoms with Gasteiger partial charge in [-0.15, -0.1) is 0 Å². The Morgan fingerprint density at radius 2 is 2.06 bits per heavy atom. The molecule has 7 heteroatoms. The zero-order valence-electron chi connectivity index (χ0n) is 8.97. The number of rotatable bonds is 1. The number of carbonyl (C=O) groups is 2. The Balaban J connectivity index is 2.19. The minimum Gasteiger partial charge on any atom is -0.345 e. The van der Waals surface area contributed by atoms with Crippen LogP contribution in [0.4, 0.5) is 0 Å². The summed E-state index contributed by atoms with van der Waals surface area (Å²) < 4.78 is 22.7. The Labute approximate surface area is 93.9 Å². The Kier molecular flexibility index (Phi) is 2.65. The molecule has 2 heterocycles. The molecule has 0 radical (unpaired) electrons. The Hall–Kier alpha value is -1.11. The van der Waals surface area contributed by atoms with Gasteiger partial charge in [-0.2, -0.15) is 0 Å². The first kappa shape index (κ1) is 11.4. The maximum atomic E-state index is 11.7. The van der Waals surface area contributed by atoms with Crippen LogP contribution in [0.1, 0.15) is 13.3 Å². The van der Waals surface area contributed by atoms with Crippen LogP contribution < -0.4 is 5.32 Å². The van der Waals surface area contributed by atoms with Gasteiger partial charge in [0.05, 0.1) is 18.1 Å². The number of amides is 2. The first-order valence-electron chi connectivity index (χ1n) is 5.20. The van der Waals surface area contributed by atoms with Gasteiger partial charge in [-0.1, -0.05) is 0 Å². The van der Waals surface area contributed by atoms with Gasteiger partial charge in [0.1, 0.15) is 6.04 Å². The minimum atomic E-state index is -3.03. The third-order valence-corrected chi connectivity index (χ3v) is 4.85. The summed E-state index contributed by atoms with van der Waals surface area (Å²) in [6, 6.07) is -0.905. The first-order chi connectivity index (χ1) is 7.41. The number of hydrogen-bond donors (Lipinski definition) is 1. The molecular formula is C9H14N2O4S. The molecule has 1 N–H and O–H groups in total. The first-order valence-corrected chi connectivity index (χ1v) is 7.02. The van der Waals surface area contributed by atoms with Crippen molar-refractivity contribution in [3.63, 3.8) is 0 Å². The lowest BCUT2D eigenvalue weighted by Crippen LogP contribution is -2.60. The van der Waals surface area contributed by atoms with Crippen molar-refractivity contribution in [2.75, 3.05) is 18.1 Å². The summed E-state index contributed by atoms with van der Waals surface area (Å²) in [4.78, 5) is 24.5. The molecule has 2 saturated heterocycles. The van der Waals surface area contributed by atoms with Gasteiger partial charge in [-0.25, -0.2) is 8.42 Å². The van der Waals surface area contributed by atoms with Gasteiger partial charge in [-0.05, 0) is 13.3 Å². The smallest absolute Gasteiger partial charge is 0.242 e. The molecule has 2 atom stereocenters. The zero-order valence-corrected chi connectivity index (χ0v) is 9.79. The van der Waals surface area contributed by atoms with E-state index in [9.17, 15) is 18.0 Å². The number of piperazine rings is 1. The van der Waals surface area contributed by atoms with E-state index in [0.717, 1.165) is 0 Å². The largest absolute Gasteiger partial charge is 0.345 e. The van der Waals surface area contributed by atoms with Gasteiger partial charge in [0.25, 0.3) is 0 Å². The molecule has 2 fully saturated rings. The van der Waals surface area contributed by atoms with Crippen LogP contribution in [0.2, 0.25) is 0 Å². The van der Waals surface area contributed by atoms with E-state index < -0.39 is 15.9 Å². The van der Waals surface area contributed by atoms with Gasteiger partial charge < -0.3 is 10.2 Å². The van der Waals surface area contributed by atoms with Crippen molar-refractivity contribution in [1.82, 2.24) is 10.2 Å². The Bertz CT molecular complexity index is 431. The highest BCUT2D eigenvalue weighted by Crippen LogP contribution is 2.21. The molecule has 2 amide bonds. The SMILES string of the molecule is CC1C(=O)NCC(=O)N1C1CCS(=O)(=O)C1. The topological polar surface area (TPSA) is 83.6 Å². The maximum Gasteiger partial charge on any atom is 0.242 e. The molecule has 2 aliphatic heterocycles. The van der Waals surface area contributed by atoms with Crippen LogP contribution in [0.15, 0.2) is 0 Å². The third kappa shape index (κ3) is 1.91. The lowest BCUT2D eigenvalue weighted by Gasteiger charge is -2.36. The molecular weight excluding hydrogens is 232 g/mol. The lowest BCUT2D eigenvalue weighted by molar-refractivity contribution is -0.146. The van der Waals surface area contributed by atoms with E-state index in [0.29, 0.717) is 6.42 Å². The van der Waals surface area contributed by atoms with Crippen LogP contribution in [-0.2, 0) is 19.4 Å². The molecule has 6 nitrogen and oxygen atoms in total. The maximum absolute atomic E-state index is 11.7. The van der Waals surface area contributed by atoms with E-state index in [1.54, 1.807) is 6.92 Å². The van der Waals surface area contributed by atoms with Crippen LogP contribution in [0, 0.1) is 0 Å². The van der Waals surface area contributed by atoms with Gasteiger partial charge in [0.2, 0.25) is 11.8 Å². The van der Waals surface area contributed by atoms with Crippen molar-refractivity contribution >= 4 is 21.7 Å². The van der Waals surface area contributed by atoms with Crippen LogP contribution >= 0.6 is 0 Å². The van der Waals surface area contributed by atoms with Crippen molar-refractivity contribution in [1.29, 1.82) is 0 Å². The zero-order chi connectivity index (χ0) is 11.9. The molecule has 0 aromatic heterocycles. The lowest BCUT2D eigenvalue weighted by atomic mass is 10.1. The summed E-state index contributed by atoms with van der Waals surface area (Å²) in [6.07, 6.45) is 0.436. The molecule has 0 spiro atoms. The monoisotopic (exact) mass is 246 g/mol. The van der Waals surface area contributed by atoms with E-state index in [4.69, 9.17) is 0 Å². The second kappa shape index (κ2) is 3.73. The fourth-order valence-electron chi connectivity index (χ4n) is 2.26. The van der Waals surface area contributed by atoms with Crippen molar-refractivity contribution < 1.29 is 18.0 Å². The van der Waals surface area contributed by atoms with E-state index in [-0.39, 0.29) is 35.9 Å². The number of hydrogen-bond acceptors (Lipinski definition) is 4. The molecule has 0 saturated carbocycles. The van der Waals surface area contributed by atoms with Crippen molar-refractivity contribution in [3.05, 3.63) is 0 Å². The summed E-state index contributed by atoms with van der Waals surface area (Å²) in [5.41, 5.74) is 0. The van der Waals surface area contributed by atoms with Gasteiger partial charge >= 0.3 is 0 Å². The van der Waals surface area contributed by atoms with Crippen LogP contribution in [0.3, 0.4) is 0 Å². The van der Waals surface area contributed by atoms with Gasteiger partial charge in [0, 0.05) is 6.04 Å². The molecule has 0 aromatic rings. The quantitative estimate of drug-likeness (QED) is 0.611. The predicted molar refractivity (Wildman–Crippen MR) is 56.4 cm³/mol. The second-order valence-electron chi connectivity index (χ2n) is 4.25. The van der Waals surface area contributed by atoms with Gasteiger partial charge in [-0.3, -0.25) is 9.59 Å². The highest BCUT2D eigenvalue weighted by atomic mass is 32.2. The summed E-state index contributed by atoms with van der Waals surface area (Å²) in [5.74, 6) is -0.329. The van der Waals surface area contributed by atoms with E-state index in [1.807, 2.05) is 0 Å². The molecule has 2 unspecified atom stereocenters. The molecule has 0 bridgehead atoms. The van der Waals surface area contributed by atoms with Gasteiger partial charge in [0.15, 0.2) is 9.84 Å². The van der Waals surface area contributed by atoms with Crippen molar-refractivity contribution in [3.8, 4) is 0 Å². The summed E-state index contributed by atoms with van der Waals surface area (Å²) in [6.45, 7) is 1.59. The number of sulfone groups is 1. The second-order valence-corrected chi connectivity index (χ2v) is 6.48. The van der Waals surface area contributed by atoms with Crippen LogP contribution in [0.5, 0.6) is 0 Å². The van der Waals surface area contributed by atoms with E-state index in [1.165, 1.54) is 4.90 Å². The highest BCUT2D eigenvalue weighted by molar-refractivity contribution is 7.91. The fraction of sp³-hybridized carbons (Fsp3) is 0.778. The van der Waals surface area contributed by atoms with Crippen LogP contribution in [0.25, 0.3) is 0 Å². The predicted octanol–water partition coefficient (Wildman–Crippen LogP) is -1.48. The number of nitrogens with zero attached hydrogens (tertiary/aromatic N) is 1. The summed E-state index contributed by atoms with van der Waals surface area (Å²) >= 11 is 0. The third-order valence-electron chi connectivity index (χ3n) is 3.10. The summed E-state index contributed by atoms with van der Waals surface area (Å²) in [5, 5.41) is 2.48. The number of nitrogens with one attached hydrogen (secondary N) is 1. The molecule has 90 valence electrons. The minimum absolute atomic E-state index is 0.0175. The fourth-order valence-corrected chi connectivity index (χ4v) is 3.97. The molecule has 16 heavy (non-hydrogen) atoms. The molecule has 2 rings (SSSR count). The van der Waals surface area contributed by atoms with Crippen LogP contribution in [-0.4, -0.2) is 55.3 Å². The average molecular weight is 246 g/mol. The molecule has 0 aliphatic carbocycles. The standard InChI is InChI=1S/C9H14N2O4S/c1-6-9(13)10-4-8(12)11(6)7-2-3-16(14,15)5-7/h6-7H,2-5H2,1H3,(H,10,13). The van der Waals surface area contributed by atoms with Crippen molar-refractivity contribution in [2.45, 2.75) is 25.4 Å².